The quantitative estimate of drug-likeness (QED) is 0.458. The van der Waals surface area contributed by atoms with Crippen molar-refractivity contribution >= 4 is 17.8 Å². The van der Waals surface area contributed by atoms with Crippen LogP contribution < -0.4 is 14.9 Å². The van der Waals surface area contributed by atoms with E-state index in [4.69, 9.17) is 26.2 Å². The van der Waals surface area contributed by atoms with Gasteiger partial charge in [-0.05, 0) is 17.7 Å². The summed E-state index contributed by atoms with van der Waals surface area (Å²) in [6.07, 6.45) is 1.59. The average molecular weight is 259 g/mol. The lowest BCUT2D eigenvalue weighted by atomic mass is 10.2. The van der Waals surface area contributed by atoms with Gasteiger partial charge in [0.2, 0.25) is 0 Å². The number of hydrogen-bond donors (Lipinski definition) is 2. The van der Waals surface area contributed by atoms with E-state index in [0.29, 0.717) is 23.1 Å². The minimum absolute atomic E-state index is 0.0318. The Balaban J connectivity index is 2.87. The summed E-state index contributed by atoms with van der Waals surface area (Å²) >= 11 is 6.03. The van der Waals surface area contributed by atoms with Crippen molar-refractivity contribution in [3.63, 3.8) is 0 Å². The third-order valence-electron chi connectivity index (χ3n) is 1.98. The van der Waals surface area contributed by atoms with Gasteiger partial charge in [0, 0.05) is 0 Å². The fraction of sp³-hybridized carbons (Fsp3) is 0.364. The van der Waals surface area contributed by atoms with Gasteiger partial charge in [-0.3, -0.25) is 0 Å². The number of halogens is 1. The smallest absolute Gasteiger partial charge is 0.179 e. The maximum absolute atomic E-state index is 8.56. The van der Waals surface area contributed by atoms with E-state index in [1.165, 1.54) is 7.11 Å². The van der Waals surface area contributed by atoms with Crippen molar-refractivity contribution in [1.82, 2.24) is 5.43 Å². The van der Waals surface area contributed by atoms with E-state index in [2.05, 4.69) is 10.5 Å². The van der Waals surface area contributed by atoms with Crippen LogP contribution in [0.25, 0.3) is 0 Å². The molecule has 94 valence electrons. The highest BCUT2D eigenvalue weighted by Crippen LogP contribution is 2.35. The zero-order valence-electron chi connectivity index (χ0n) is 9.74. The predicted octanol–water partition coefficient (Wildman–Crippen LogP) is 1.27. The molecule has 0 spiro atoms. The number of ether oxygens (including phenoxy) is 2. The maximum Gasteiger partial charge on any atom is 0.179 e. The standard InChI is InChI=1S/C11H15ClN2O3/c1-16-10-6-8(7-14-13-3-4-15)5-9(12)11(10)17-2/h5-7,13,15H,3-4H2,1-2H3. The zero-order valence-corrected chi connectivity index (χ0v) is 10.5. The molecule has 0 unspecified atom stereocenters. The molecule has 0 bridgehead atoms. The molecule has 0 aromatic heterocycles. The Kier molecular flexibility index (Phi) is 5.59. The lowest BCUT2D eigenvalue weighted by molar-refractivity contribution is 0.294. The number of rotatable bonds is 6. The second kappa shape index (κ2) is 6.98. The van der Waals surface area contributed by atoms with Crippen LogP contribution in [-0.4, -0.2) is 38.7 Å². The molecule has 1 aromatic carbocycles. The maximum atomic E-state index is 8.56. The lowest BCUT2D eigenvalue weighted by Gasteiger charge is -2.09. The number of hydrogen-bond acceptors (Lipinski definition) is 5. The number of nitrogens with one attached hydrogen (secondary N) is 1. The van der Waals surface area contributed by atoms with Crippen molar-refractivity contribution < 1.29 is 14.6 Å². The van der Waals surface area contributed by atoms with Gasteiger partial charge in [0.1, 0.15) is 0 Å². The number of benzene rings is 1. The molecule has 5 nitrogen and oxygen atoms in total. The number of aliphatic hydroxyl groups excluding tert-OH is 1. The van der Waals surface area contributed by atoms with Gasteiger partial charge < -0.3 is 20.0 Å². The summed E-state index contributed by atoms with van der Waals surface area (Å²) in [5.74, 6) is 1.04. The fourth-order valence-electron chi connectivity index (χ4n) is 1.25. The molecular weight excluding hydrogens is 244 g/mol. The lowest BCUT2D eigenvalue weighted by Crippen LogP contribution is -2.11. The van der Waals surface area contributed by atoms with Gasteiger partial charge >= 0.3 is 0 Å². The van der Waals surface area contributed by atoms with Crippen molar-refractivity contribution in [2.75, 3.05) is 27.4 Å². The first-order valence-electron chi connectivity index (χ1n) is 5.01. The van der Waals surface area contributed by atoms with E-state index < -0.39 is 0 Å². The normalized spacial score (nSPS) is 10.6. The summed E-state index contributed by atoms with van der Waals surface area (Å²) in [6.45, 7) is 0.432. The Bertz CT molecular complexity index is 397. The molecule has 0 amide bonds. The van der Waals surface area contributed by atoms with Crippen LogP contribution in [0.3, 0.4) is 0 Å². The summed E-state index contributed by atoms with van der Waals surface area (Å²) in [6, 6.07) is 3.47. The second-order valence-corrected chi connectivity index (χ2v) is 3.54. The van der Waals surface area contributed by atoms with Crippen molar-refractivity contribution in [2.45, 2.75) is 0 Å². The SMILES string of the molecule is COc1cc(C=NNCCO)cc(Cl)c1OC. The summed E-state index contributed by atoms with van der Waals surface area (Å²) in [5.41, 5.74) is 3.45. The van der Waals surface area contributed by atoms with Gasteiger partial charge in [-0.1, -0.05) is 11.6 Å². The molecule has 0 saturated carbocycles. The first kappa shape index (κ1) is 13.6. The molecular formula is C11H15ClN2O3. The Morgan fingerprint density at radius 1 is 1.41 bits per heavy atom. The first-order valence-corrected chi connectivity index (χ1v) is 5.39. The molecule has 0 saturated heterocycles. The summed E-state index contributed by atoms with van der Waals surface area (Å²) < 4.78 is 10.3. The predicted molar refractivity (Wildman–Crippen MR) is 67.2 cm³/mol. The van der Waals surface area contributed by atoms with Gasteiger partial charge in [0.25, 0.3) is 0 Å². The molecule has 0 heterocycles. The molecule has 0 aliphatic carbocycles. The molecule has 17 heavy (non-hydrogen) atoms. The van der Waals surface area contributed by atoms with Crippen LogP contribution in [0.1, 0.15) is 5.56 Å². The zero-order chi connectivity index (χ0) is 12.7. The Hall–Kier alpha value is -1.46. The van der Waals surface area contributed by atoms with Crippen molar-refractivity contribution in [2.24, 2.45) is 5.10 Å². The van der Waals surface area contributed by atoms with Crippen molar-refractivity contribution in [3.05, 3.63) is 22.7 Å². The molecule has 0 atom stereocenters. The molecule has 0 aliphatic rings. The fourth-order valence-corrected chi connectivity index (χ4v) is 1.54. The Morgan fingerprint density at radius 2 is 2.18 bits per heavy atom. The number of aliphatic hydroxyl groups is 1. The van der Waals surface area contributed by atoms with Crippen LogP contribution in [0, 0.1) is 0 Å². The third-order valence-corrected chi connectivity index (χ3v) is 2.27. The largest absolute Gasteiger partial charge is 0.493 e. The topological polar surface area (TPSA) is 63.1 Å². The molecule has 0 fully saturated rings. The summed E-state index contributed by atoms with van der Waals surface area (Å²) in [4.78, 5) is 0. The minimum atomic E-state index is 0.0318. The number of nitrogens with zero attached hydrogens (tertiary/aromatic N) is 1. The monoisotopic (exact) mass is 258 g/mol. The van der Waals surface area contributed by atoms with Crippen molar-refractivity contribution in [1.29, 1.82) is 0 Å². The van der Waals surface area contributed by atoms with Gasteiger partial charge in [-0.25, -0.2) is 0 Å². The number of hydrazone groups is 1. The van der Waals surface area contributed by atoms with Gasteiger partial charge in [0.05, 0.1) is 38.6 Å². The summed E-state index contributed by atoms with van der Waals surface area (Å²) in [5, 5.41) is 12.9. The highest BCUT2D eigenvalue weighted by molar-refractivity contribution is 6.32. The Labute approximate surface area is 105 Å². The van der Waals surface area contributed by atoms with Gasteiger partial charge in [0.15, 0.2) is 11.5 Å². The molecule has 0 aliphatic heterocycles. The second-order valence-electron chi connectivity index (χ2n) is 3.13. The van der Waals surface area contributed by atoms with Gasteiger partial charge in [-0.15, -0.1) is 0 Å². The molecule has 6 heteroatoms. The molecule has 0 radical (unpaired) electrons. The third kappa shape index (κ3) is 3.80. The minimum Gasteiger partial charge on any atom is -0.493 e. The van der Waals surface area contributed by atoms with Gasteiger partial charge in [-0.2, -0.15) is 5.10 Å². The highest BCUT2D eigenvalue weighted by atomic mass is 35.5. The molecule has 1 rings (SSSR count). The van der Waals surface area contributed by atoms with E-state index in [-0.39, 0.29) is 6.61 Å². The average Bonchev–Trinajstić information content (AvgIpc) is 2.34. The van der Waals surface area contributed by atoms with E-state index in [9.17, 15) is 0 Å². The summed E-state index contributed by atoms with van der Waals surface area (Å²) in [7, 11) is 3.07. The van der Waals surface area contributed by atoms with Crippen LogP contribution >= 0.6 is 11.6 Å². The highest BCUT2D eigenvalue weighted by Gasteiger charge is 2.09. The van der Waals surface area contributed by atoms with E-state index in [1.54, 1.807) is 25.5 Å². The van der Waals surface area contributed by atoms with Crippen LogP contribution in [-0.2, 0) is 0 Å². The van der Waals surface area contributed by atoms with E-state index in [0.717, 1.165) is 5.56 Å². The Morgan fingerprint density at radius 3 is 2.76 bits per heavy atom. The van der Waals surface area contributed by atoms with Crippen LogP contribution in [0.15, 0.2) is 17.2 Å². The first-order chi connectivity index (χ1) is 8.22. The van der Waals surface area contributed by atoms with E-state index >= 15 is 0 Å². The molecule has 2 N–H and O–H groups in total. The van der Waals surface area contributed by atoms with E-state index in [1.807, 2.05) is 0 Å². The van der Waals surface area contributed by atoms with Crippen LogP contribution in [0.2, 0.25) is 5.02 Å². The van der Waals surface area contributed by atoms with Crippen LogP contribution in [0.4, 0.5) is 0 Å². The van der Waals surface area contributed by atoms with Crippen molar-refractivity contribution in [3.8, 4) is 11.5 Å². The molecule has 1 aromatic rings. The van der Waals surface area contributed by atoms with Crippen LogP contribution in [0.5, 0.6) is 11.5 Å². The number of methoxy groups -OCH3 is 2.